The molecule has 0 aliphatic carbocycles. The molecule has 0 aromatic heterocycles. The first-order chi connectivity index (χ1) is 13.7. The van der Waals surface area contributed by atoms with Gasteiger partial charge >= 0.3 is 7.12 Å². The van der Waals surface area contributed by atoms with Crippen LogP contribution in [0.2, 0.25) is 0 Å². The maximum absolute atomic E-state index is 12.9. The van der Waals surface area contributed by atoms with Gasteiger partial charge in [0.15, 0.2) is 0 Å². The minimum absolute atomic E-state index is 0.142. The van der Waals surface area contributed by atoms with Crippen molar-refractivity contribution in [2.24, 2.45) is 0 Å². The summed E-state index contributed by atoms with van der Waals surface area (Å²) >= 11 is 3.43. The van der Waals surface area contributed by atoms with Crippen LogP contribution >= 0.6 is 15.9 Å². The van der Waals surface area contributed by atoms with E-state index in [-0.39, 0.29) is 5.91 Å². The van der Waals surface area contributed by atoms with Crippen LogP contribution in [-0.2, 0) is 9.31 Å². The number of anilines is 1. The number of carbonyl (C=O) groups is 1. The molecule has 29 heavy (non-hydrogen) atoms. The van der Waals surface area contributed by atoms with E-state index >= 15 is 0 Å². The third-order valence-corrected chi connectivity index (χ3v) is 6.25. The van der Waals surface area contributed by atoms with E-state index in [0.717, 1.165) is 26.4 Å². The first-order valence-electron chi connectivity index (χ1n) is 9.61. The summed E-state index contributed by atoms with van der Waals surface area (Å²) in [5.41, 5.74) is 1.54. The lowest BCUT2D eigenvalue weighted by molar-refractivity contribution is 0.00578. The van der Waals surface area contributed by atoms with Crippen LogP contribution in [0.25, 0.3) is 10.8 Å². The summed E-state index contributed by atoms with van der Waals surface area (Å²) < 4.78 is 13.2. The fraction of sp³-hybridized carbons (Fsp3) is 0.261. The average molecular weight is 452 g/mol. The molecule has 3 aromatic rings. The number of nitrogens with one attached hydrogen (secondary N) is 1. The van der Waals surface area contributed by atoms with E-state index in [9.17, 15) is 4.79 Å². The number of amides is 1. The topological polar surface area (TPSA) is 47.6 Å². The molecule has 0 spiro atoms. The van der Waals surface area contributed by atoms with Gasteiger partial charge < -0.3 is 14.6 Å². The Bertz CT molecular complexity index is 1080. The molecular weight excluding hydrogens is 429 g/mol. The summed E-state index contributed by atoms with van der Waals surface area (Å²) in [6, 6.07) is 19.3. The predicted octanol–water partition coefficient (Wildman–Crippen LogP) is 5.15. The molecule has 1 N–H and O–H groups in total. The zero-order valence-corrected chi connectivity index (χ0v) is 18.5. The van der Waals surface area contributed by atoms with Gasteiger partial charge in [0, 0.05) is 15.7 Å². The smallest absolute Gasteiger partial charge is 0.399 e. The van der Waals surface area contributed by atoms with Gasteiger partial charge in [-0.25, -0.2) is 0 Å². The predicted molar refractivity (Wildman–Crippen MR) is 122 cm³/mol. The van der Waals surface area contributed by atoms with E-state index in [1.807, 2.05) is 88.4 Å². The highest BCUT2D eigenvalue weighted by atomic mass is 79.9. The minimum Gasteiger partial charge on any atom is -0.399 e. The SMILES string of the molecule is CC1(C)OB(c2ccc3c(C(=O)Nc4cccc(Br)c4)cccc3c2)OC1(C)C. The molecule has 1 saturated heterocycles. The van der Waals surface area contributed by atoms with Crippen LogP contribution in [-0.4, -0.2) is 24.2 Å². The summed E-state index contributed by atoms with van der Waals surface area (Å²) in [6.07, 6.45) is 0. The number of benzene rings is 3. The normalized spacial score (nSPS) is 17.5. The lowest BCUT2D eigenvalue weighted by atomic mass is 9.78. The molecule has 1 fully saturated rings. The molecule has 6 heteroatoms. The Hall–Kier alpha value is -2.15. The van der Waals surface area contributed by atoms with Crippen molar-refractivity contribution < 1.29 is 14.1 Å². The Kier molecular flexibility index (Phi) is 5.05. The molecule has 1 aliphatic heterocycles. The van der Waals surface area contributed by atoms with Crippen molar-refractivity contribution in [3.63, 3.8) is 0 Å². The van der Waals surface area contributed by atoms with E-state index in [0.29, 0.717) is 5.56 Å². The number of carbonyl (C=O) groups excluding carboxylic acids is 1. The van der Waals surface area contributed by atoms with Crippen molar-refractivity contribution in [2.75, 3.05) is 5.32 Å². The molecule has 0 unspecified atom stereocenters. The van der Waals surface area contributed by atoms with Gasteiger partial charge in [0.25, 0.3) is 5.91 Å². The van der Waals surface area contributed by atoms with Crippen LogP contribution in [0.4, 0.5) is 5.69 Å². The van der Waals surface area contributed by atoms with Crippen LogP contribution in [0, 0.1) is 0 Å². The number of hydrogen-bond acceptors (Lipinski definition) is 3. The van der Waals surface area contributed by atoms with E-state index < -0.39 is 18.3 Å². The van der Waals surface area contributed by atoms with Crippen LogP contribution in [0.5, 0.6) is 0 Å². The Labute approximate surface area is 179 Å². The summed E-state index contributed by atoms with van der Waals surface area (Å²) in [5.74, 6) is -0.142. The van der Waals surface area contributed by atoms with Crippen LogP contribution in [0.3, 0.4) is 0 Å². The van der Waals surface area contributed by atoms with Crippen molar-refractivity contribution >= 4 is 50.9 Å². The molecule has 3 aromatic carbocycles. The Morgan fingerprint density at radius 1 is 0.931 bits per heavy atom. The molecule has 0 saturated carbocycles. The fourth-order valence-electron chi connectivity index (χ4n) is 3.39. The van der Waals surface area contributed by atoms with Gasteiger partial charge in [0.1, 0.15) is 0 Å². The van der Waals surface area contributed by atoms with Gasteiger partial charge in [-0.3, -0.25) is 4.79 Å². The average Bonchev–Trinajstić information content (AvgIpc) is 2.88. The number of halogens is 1. The van der Waals surface area contributed by atoms with Crippen molar-refractivity contribution in [1.82, 2.24) is 0 Å². The molecule has 1 aliphatic rings. The van der Waals surface area contributed by atoms with Crippen molar-refractivity contribution in [2.45, 2.75) is 38.9 Å². The van der Waals surface area contributed by atoms with Gasteiger partial charge in [-0.05, 0) is 68.2 Å². The van der Waals surface area contributed by atoms with E-state index in [2.05, 4.69) is 21.2 Å². The van der Waals surface area contributed by atoms with Crippen molar-refractivity contribution in [3.8, 4) is 0 Å². The number of rotatable bonds is 3. The minimum atomic E-state index is -0.427. The van der Waals surface area contributed by atoms with Crippen LogP contribution in [0.15, 0.2) is 65.1 Å². The molecule has 1 heterocycles. The number of fused-ring (bicyclic) bond motifs is 1. The van der Waals surface area contributed by atoms with Gasteiger partial charge in [0.05, 0.1) is 11.2 Å². The lowest BCUT2D eigenvalue weighted by Gasteiger charge is -2.32. The quantitative estimate of drug-likeness (QED) is 0.560. The van der Waals surface area contributed by atoms with Crippen LogP contribution in [0.1, 0.15) is 38.1 Å². The van der Waals surface area contributed by atoms with Crippen molar-refractivity contribution in [1.29, 1.82) is 0 Å². The third kappa shape index (κ3) is 3.85. The first-order valence-corrected chi connectivity index (χ1v) is 10.4. The Balaban J connectivity index is 1.64. The molecule has 0 atom stereocenters. The van der Waals surface area contributed by atoms with Crippen molar-refractivity contribution in [3.05, 3.63) is 70.7 Å². The Morgan fingerprint density at radius 2 is 1.62 bits per heavy atom. The summed E-state index contributed by atoms with van der Waals surface area (Å²) in [5, 5.41) is 4.82. The van der Waals surface area contributed by atoms with Gasteiger partial charge in [-0.2, -0.15) is 0 Å². The molecule has 4 rings (SSSR count). The molecule has 1 amide bonds. The maximum Gasteiger partial charge on any atom is 0.494 e. The van der Waals surface area contributed by atoms with E-state index in [1.165, 1.54) is 0 Å². The molecule has 0 bridgehead atoms. The standard InChI is InChI=1S/C23H23BBrNO3/c1-22(2)23(3,4)29-24(28-22)16-11-12-19-15(13-16)7-5-10-20(19)21(27)26-18-9-6-8-17(25)14-18/h5-14H,1-4H3,(H,26,27). The molecule has 0 radical (unpaired) electrons. The first kappa shape index (κ1) is 20.1. The number of hydrogen-bond donors (Lipinski definition) is 1. The maximum atomic E-state index is 12.9. The summed E-state index contributed by atoms with van der Waals surface area (Å²) in [7, 11) is -0.427. The zero-order chi connectivity index (χ0) is 20.8. The largest absolute Gasteiger partial charge is 0.494 e. The highest BCUT2D eigenvalue weighted by Gasteiger charge is 2.51. The lowest BCUT2D eigenvalue weighted by Crippen LogP contribution is -2.41. The highest BCUT2D eigenvalue weighted by Crippen LogP contribution is 2.36. The highest BCUT2D eigenvalue weighted by molar-refractivity contribution is 9.10. The molecule has 4 nitrogen and oxygen atoms in total. The third-order valence-electron chi connectivity index (χ3n) is 5.76. The second kappa shape index (κ2) is 7.28. The van der Waals surface area contributed by atoms with Gasteiger partial charge in [0.2, 0.25) is 0 Å². The molecule has 148 valence electrons. The fourth-order valence-corrected chi connectivity index (χ4v) is 3.79. The second-order valence-electron chi connectivity index (χ2n) is 8.34. The van der Waals surface area contributed by atoms with Gasteiger partial charge in [-0.1, -0.05) is 52.3 Å². The Morgan fingerprint density at radius 3 is 2.31 bits per heavy atom. The molecular formula is C23H23BBrNO3. The zero-order valence-electron chi connectivity index (χ0n) is 17.0. The monoisotopic (exact) mass is 451 g/mol. The van der Waals surface area contributed by atoms with Crippen LogP contribution < -0.4 is 10.8 Å². The van der Waals surface area contributed by atoms with E-state index in [1.54, 1.807) is 0 Å². The second-order valence-corrected chi connectivity index (χ2v) is 9.25. The summed E-state index contributed by atoms with van der Waals surface area (Å²) in [6.45, 7) is 8.16. The van der Waals surface area contributed by atoms with E-state index in [4.69, 9.17) is 9.31 Å². The summed E-state index contributed by atoms with van der Waals surface area (Å²) in [4.78, 5) is 12.9. The van der Waals surface area contributed by atoms with Gasteiger partial charge in [-0.15, -0.1) is 0 Å².